The van der Waals surface area contributed by atoms with Gasteiger partial charge in [-0.2, -0.15) is 0 Å². The Morgan fingerprint density at radius 3 is 2.42 bits per heavy atom. The van der Waals surface area contributed by atoms with E-state index in [9.17, 15) is 30.0 Å². The van der Waals surface area contributed by atoms with Crippen molar-refractivity contribution in [3.05, 3.63) is 54.5 Å². The summed E-state index contributed by atoms with van der Waals surface area (Å²) in [5.41, 5.74) is 2.26. The molecule has 0 amide bonds. The van der Waals surface area contributed by atoms with E-state index in [-0.39, 0.29) is 18.8 Å². The average molecular weight is 728 g/mol. The Morgan fingerprint density at radius 1 is 1.06 bits per heavy atom. The summed E-state index contributed by atoms with van der Waals surface area (Å²) in [6.45, 7) is 9.09. The summed E-state index contributed by atoms with van der Waals surface area (Å²) in [4.78, 5) is 32.7. The van der Waals surface area contributed by atoms with Crippen molar-refractivity contribution in [2.75, 3.05) is 20.7 Å². The van der Waals surface area contributed by atoms with Gasteiger partial charge in [-0.25, -0.2) is 0 Å². The number of rotatable bonds is 9. The van der Waals surface area contributed by atoms with E-state index in [0.29, 0.717) is 31.5 Å². The molecule has 14 heteroatoms. The minimum atomic E-state index is -1.26. The summed E-state index contributed by atoms with van der Waals surface area (Å²) in [5.74, 6) is -2.84. The molecule has 4 N–H and O–H groups in total. The second-order valence-corrected chi connectivity index (χ2v) is 14.6. The fourth-order valence-corrected chi connectivity index (χ4v) is 7.22. The molecular formula is C38H57N5O9. The van der Waals surface area contributed by atoms with Crippen molar-refractivity contribution >= 4 is 11.8 Å². The number of aryl methyl sites for hydroxylation is 1. The number of aliphatic hydroxyl groups excluding tert-OH is 4. The molecule has 0 aromatic carbocycles. The van der Waals surface area contributed by atoms with E-state index in [1.54, 1.807) is 62.1 Å². The highest BCUT2D eigenvalue weighted by Crippen LogP contribution is 2.35. The number of pyridine rings is 1. The zero-order valence-corrected chi connectivity index (χ0v) is 31.4. The molecule has 0 radical (unpaired) electrons. The van der Waals surface area contributed by atoms with Crippen molar-refractivity contribution in [2.45, 2.75) is 116 Å². The van der Waals surface area contributed by atoms with E-state index in [0.717, 1.165) is 11.1 Å². The summed E-state index contributed by atoms with van der Waals surface area (Å²) in [7, 11) is 3.50. The number of hydrogen-bond acceptors (Lipinski definition) is 13. The van der Waals surface area contributed by atoms with Crippen LogP contribution in [0, 0.1) is 23.7 Å². The Balaban J connectivity index is 1.73. The monoisotopic (exact) mass is 727 g/mol. The molecule has 4 rings (SSSR count). The first-order valence-corrected chi connectivity index (χ1v) is 18.3. The summed E-state index contributed by atoms with van der Waals surface area (Å²) >= 11 is 0. The van der Waals surface area contributed by atoms with Crippen molar-refractivity contribution in [2.24, 2.45) is 23.7 Å². The fourth-order valence-electron chi connectivity index (χ4n) is 7.22. The van der Waals surface area contributed by atoms with E-state index < -0.39 is 78.6 Å². The van der Waals surface area contributed by atoms with E-state index >= 15 is 0 Å². The Morgan fingerprint density at radius 2 is 1.77 bits per heavy atom. The second kappa shape index (κ2) is 19.1. The normalized spacial score (nSPS) is 35.9. The van der Waals surface area contributed by atoms with Gasteiger partial charge >= 0.3 is 5.97 Å². The molecule has 1 fully saturated rings. The maximum Gasteiger partial charge on any atom is 0.308 e. The van der Waals surface area contributed by atoms with Crippen molar-refractivity contribution in [1.29, 1.82) is 0 Å². The molecule has 2 aromatic heterocycles. The predicted molar refractivity (Wildman–Crippen MR) is 192 cm³/mol. The first-order chi connectivity index (χ1) is 24.7. The van der Waals surface area contributed by atoms with E-state index in [1.165, 1.54) is 6.08 Å². The van der Waals surface area contributed by atoms with Gasteiger partial charge in [0.1, 0.15) is 17.9 Å². The SMILES string of the molecule is CC[C@H]1OC(=O)C[C@@H](O)[C@H](C)[C@@H](O[C@@H]2O[C@H](C)[C@@H](O)C(N(C)C)C2O)[C@@H](CCn2cc(-c3ccncc3)nn2)C[C@@H](C)C(=O)/C=C/C(C)=C/[C@@H]1CO. The van der Waals surface area contributed by atoms with E-state index in [4.69, 9.17) is 14.2 Å². The predicted octanol–water partition coefficient (Wildman–Crippen LogP) is 2.56. The maximum atomic E-state index is 13.6. The van der Waals surface area contributed by atoms with E-state index in [2.05, 4.69) is 15.3 Å². The fraction of sp³-hybridized carbons (Fsp3) is 0.658. The smallest absolute Gasteiger partial charge is 0.308 e. The Labute approximate surface area is 306 Å². The van der Waals surface area contributed by atoms with Crippen molar-refractivity contribution in [3.63, 3.8) is 0 Å². The van der Waals surface area contributed by atoms with Crippen LogP contribution in [0.2, 0.25) is 0 Å². The van der Waals surface area contributed by atoms with Gasteiger partial charge < -0.3 is 39.5 Å². The van der Waals surface area contributed by atoms with Crippen LogP contribution in [-0.4, -0.2) is 127 Å². The molecule has 0 bridgehead atoms. The Bertz CT molecular complexity index is 1500. The van der Waals surface area contributed by atoms with Crippen LogP contribution < -0.4 is 0 Å². The van der Waals surface area contributed by atoms with Crippen molar-refractivity contribution in [1.82, 2.24) is 24.9 Å². The zero-order chi connectivity index (χ0) is 38.1. The van der Waals surface area contributed by atoms with Crippen molar-refractivity contribution in [3.8, 4) is 11.3 Å². The molecule has 14 nitrogen and oxygen atoms in total. The lowest BCUT2D eigenvalue weighted by atomic mass is 9.79. The van der Waals surface area contributed by atoms with Gasteiger partial charge in [-0.05, 0) is 71.3 Å². The summed E-state index contributed by atoms with van der Waals surface area (Å²) in [6, 6.07) is 2.97. The minimum Gasteiger partial charge on any atom is -0.462 e. The molecule has 52 heavy (non-hydrogen) atoms. The van der Waals surface area contributed by atoms with Gasteiger partial charge in [0.05, 0.1) is 49.7 Å². The summed E-state index contributed by atoms with van der Waals surface area (Å²) in [5, 5.41) is 52.8. The molecule has 2 aliphatic rings. The highest BCUT2D eigenvalue weighted by molar-refractivity contribution is 5.91. The van der Waals surface area contributed by atoms with Gasteiger partial charge in [0, 0.05) is 42.3 Å². The second-order valence-electron chi connectivity index (χ2n) is 14.6. The third-order valence-corrected chi connectivity index (χ3v) is 10.4. The standard InChI is InChI=1S/C38H57N5O9/c1-8-32-28(21-44)17-22(2)9-10-30(45)23(3)18-27(13-16-43-20-29(40-41-43)26-11-14-39-15-12-26)37(24(4)31(46)19-33(47)51-32)52-38-36(49)34(42(6)7)35(48)25(5)50-38/h9-12,14-15,17,20,23-25,27-28,31-32,34-38,44,46,48-49H,8,13,16,18-19,21H2,1-7H3/b10-9+,22-17+/t23-,24+,25-,27+,28-,31-,32-,34?,35-,36?,37-,38+/m1/s1. The molecule has 0 saturated carbocycles. The molecular weight excluding hydrogens is 670 g/mol. The van der Waals surface area contributed by atoms with Crippen LogP contribution in [0.25, 0.3) is 11.3 Å². The Hall–Kier alpha value is -3.37. The number of cyclic esters (lactones) is 1. The van der Waals surface area contributed by atoms with Crippen LogP contribution in [0.1, 0.15) is 60.3 Å². The number of hydrogen-bond donors (Lipinski definition) is 4. The summed E-state index contributed by atoms with van der Waals surface area (Å²) in [6.07, 6.45) is 4.20. The third kappa shape index (κ3) is 10.6. The number of esters is 1. The van der Waals surface area contributed by atoms with E-state index in [1.807, 2.05) is 39.1 Å². The van der Waals surface area contributed by atoms with Crippen LogP contribution in [-0.2, 0) is 30.3 Å². The van der Waals surface area contributed by atoms with Gasteiger partial charge in [0.2, 0.25) is 0 Å². The van der Waals surface area contributed by atoms with Crippen LogP contribution >= 0.6 is 0 Å². The Kier molecular flexibility index (Phi) is 15.2. The number of aromatic nitrogens is 4. The van der Waals surface area contributed by atoms with Gasteiger partial charge in [-0.3, -0.25) is 19.3 Å². The van der Waals surface area contributed by atoms with Crippen molar-refractivity contribution < 1.29 is 44.2 Å². The molecule has 0 spiro atoms. The molecule has 4 heterocycles. The first kappa shape index (κ1) is 41.4. The quantitative estimate of drug-likeness (QED) is 0.276. The number of likely N-dealkylation sites (N-methyl/N-ethyl adjacent to an activating group) is 1. The molecule has 2 aromatic rings. The average Bonchev–Trinajstić information content (AvgIpc) is 3.60. The lowest BCUT2D eigenvalue weighted by Gasteiger charge is -2.46. The molecule has 2 unspecified atom stereocenters. The number of carbonyl (C=O) groups is 2. The summed E-state index contributed by atoms with van der Waals surface area (Å²) < 4.78 is 20.2. The number of allylic oxidation sites excluding steroid dienone is 3. The number of aliphatic hydroxyl groups is 4. The van der Waals surface area contributed by atoms with Crippen LogP contribution in [0.5, 0.6) is 0 Å². The first-order valence-electron chi connectivity index (χ1n) is 18.3. The largest absolute Gasteiger partial charge is 0.462 e. The topological polar surface area (TPSA) is 190 Å². The zero-order valence-electron chi connectivity index (χ0n) is 31.4. The lowest BCUT2D eigenvalue weighted by molar-refractivity contribution is -0.304. The number of ketones is 1. The van der Waals surface area contributed by atoms with Gasteiger partial charge in [0.15, 0.2) is 12.1 Å². The molecule has 0 aliphatic carbocycles. The number of carbonyl (C=O) groups excluding carboxylic acids is 2. The molecule has 2 aliphatic heterocycles. The lowest BCUT2D eigenvalue weighted by Crippen LogP contribution is -2.63. The minimum absolute atomic E-state index is 0.116. The van der Waals surface area contributed by atoms with Gasteiger partial charge in [0.25, 0.3) is 0 Å². The van der Waals surface area contributed by atoms with Crippen LogP contribution in [0.15, 0.2) is 54.5 Å². The number of nitrogens with zero attached hydrogens (tertiary/aromatic N) is 5. The highest BCUT2D eigenvalue weighted by Gasteiger charge is 2.47. The molecule has 12 atom stereocenters. The molecule has 1 saturated heterocycles. The maximum absolute atomic E-state index is 13.6. The van der Waals surface area contributed by atoms with Gasteiger partial charge in [-0.1, -0.05) is 43.7 Å². The molecule has 288 valence electrons. The third-order valence-electron chi connectivity index (χ3n) is 10.4. The van der Waals surface area contributed by atoms with Crippen LogP contribution in [0.3, 0.4) is 0 Å². The highest BCUT2D eigenvalue weighted by atomic mass is 16.7. The number of ether oxygens (including phenoxy) is 3. The van der Waals surface area contributed by atoms with Gasteiger partial charge in [-0.15, -0.1) is 5.10 Å². The van der Waals surface area contributed by atoms with Crippen LogP contribution in [0.4, 0.5) is 0 Å².